The number of para-hydroxylation sites is 1. The molecule has 0 aliphatic carbocycles. The highest BCUT2D eigenvalue weighted by Crippen LogP contribution is 2.27. The molecule has 0 bridgehead atoms. The molecular weight excluding hydrogens is 378 g/mol. The van der Waals surface area contributed by atoms with Gasteiger partial charge in [-0.3, -0.25) is 4.79 Å². The molecule has 0 aliphatic rings. The summed E-state index contributed by atoms with van der Waals surface area (Å²) < 4.78 is 5.31. The van der Waals surface area contributed by atoms with E-state index < -0.39 is 0 Å². The van der Waals surface area contributed by atoms with Crippen molar-refractivity contribution in [3.8, 4) is 5.75 Å². The van der Waals surface area contributed by atoms with Crippen LogP contribution in [0.25, 0.3) is 10.9 Å². The Balaban J connectivity index is 1.64. The second-order valence-electron chi connectivity index (χ2n) is 7.22. The maximum absolute atomic E-state index is 13.1. The average molecular weight is 401 g/mol. The van der Waals surface area contributed by atoms with Crippen molar-refractivity contribution < 1.29 is 19.7 Å². The molecule has 30 heavy (non-hydrogen) atoms. The predicted molar refractivity (Wildman–Crippen MR) is 116 cm³/mol. The third kappa shape index (κ3) is 3.85. The third-order valence-corrected chi connectivity index (χ3v) is 5.28. The quantitative estimate of drug-likeness (QED) is 0.409. The lowest BCUT2D eigenvalue weighted by Gasteiger charge is -2.13. The van der Waals surface area contributed by atoms with Gasteiger partial charge in [0.15, 0.2) is 5.78 Å². The fraction of sp³-hybridized carbons (Fsp3) is 0.160. The highest BCUT2D eigenvalue weighted by Gasteiger charge is 2.16. The summed E-state index contributed by atoms with van der Waals surface area (Å²) in [5, 5.41) is 20.4. The van der Waals surface area contributed by atoms with Crippen LogP contribution in [0.15, 0.2) is 66.7 Å². The highest BCUT2D eigenvalue weighted by atomic mass is 16.5. The Labute approximate surface area is 174 Å². The first-order valence-electron chi connectivity index (χ1n) is 9.74. The molecule has 0 saturated heterocycles. The Hall–Kier alpha value is -3.41. The van der Waals surface area contributed by atoms with E-state index in [1.807, 2.05) is 36.4 Å². The molecule has 1 aromatic heterocycles. The number of benzene rings is 3. The summed E-state index contributed by atoms with van der Waals surface area (Å²) >= 11 is 0. The van der Waals surface area contributed by atoms with Crippen molar-refractivity contribution in [1.29, 1.82) is 0 Å². The van der Waals surface area contributed by atoms with Gasteiger partial charge < -0.3 is 19.9 Å². The number of nitrogens with one attached hydrogen (secondary N) is 1. The number of hydrogen-bond donors (Lipinski definition) is 3. The number of aromatic amines is 1. The number of fused-ring (bicyclic) bond motifs is 1. The van der Waals surface area contributed by atoms with Crippen LogP contribution in [-0.2, 0) is 19.6 Å². The molecule has 3 N–H and O–H groups in total. The van der Waals surface area contributed by atoms with Crippen LogP contribution in [-0.4, -0.2) is 28.1 Å². The number of aliphatic hydroxyl groups is 2. The van der Waals surface area contributed by atoms with Gasteiger partial charge in [-0.05, 0) is 46.8 Å². The largest absolute Gasteiger partial charge is 0.496 e. The minimum absolute atomic E-state index is 0.161. The molecule has 0 radical (unpaired) electrons. The maximum atomic E-state index is 13.1. The number of carbonyl (C=O) groups is 1. The van der Waals surface area contributed by atoms with E-state index in [0.29, 0.717) is 34.4 Å². The molecule has 0 aliphatic heterocycles. The topological polar surface area (TPSA) is 82.6 Å². The smallest absolute Gasteiger partial charge is 0.193 e. The Kier molecular flexibility index (Phi) is 5.65. The van der Waals surface area contributed by atoms with Gasteiger partial charge >= 0.3 is 0 Å². The molecule has 0 amide bonds. The number of ether oxygens (including phenoxy) is 1. The van der Waals surface area contributed by atoms with Gasteiger partial charge in [-0.15, -0.1) is 0 Å². The van der Waals surface area contributed by atoms with Crippen LogP contribution in [0.3, 0.4) is 0 Å². The lowest BCUT2D eigenvalue weighted by atomic mass is 9.96. The minimum atomic E-state index is -0.284. The van der Waals surface area contributed by atoms with Gasteiger partial charge in [0.2, 0.25) is 0 Å². The van der Waals surface area contributed by atoms with E-state index in [1.165, 1.54) is 7.11 Å². The Morgan fingerprint density at radius 2 is 1.77 bits per heavy atom. The highest BCUT2D eigenvalue weighted by molar-refractivity contribution is 6.09. The second-order valence-corrected chi connectivity index (χ2v) is 7.22. The van der Waals surface area contributed by atoms with Crippen LogP contribution in [0.2, 0.25) is 0 Å². The van der Waals surface area contributed by atoms with Crippen LogP contribution in [0, 0.1) is 0 Å². The van der Waals surface area contributed by atoms with Gasteiger partial charge in [0.05, 0.1) is 20.3 Å². The molecular formula is C25H23NO4. The Morgan fingerprint density at radius 3 is 2.50 bits per heavy atom. The van der Waals surface area contributed by atoms with Gasteiger partial charge in [0.1, 0.15) is 5.75 Å². The lowest BCUT2D eigenvalue weighted by molar-refractivity contribution is 0.103. The van der Waals surface area contributed by atoms with E-state index >= 15 is 0 Å². The standard InChI is InChI=1S/C25H23NO4/c1-30-24-13-19(11-20(14-27)22(24)15-28)25(29)18-7-4-5-16(9-18)10-21-12-17-6-2-3-8-23(17)26-21/h2-9,11-13,26-28H,10,14-15H2,1H3. The van der Waals surface area contributed by atoms with E-state index in [-0.39, 0.29) is 19.0 Å². The molecule has 0 spiro atoms. The fourth-order valence-corrected chi connectivity index (χ4v) is 3.77. The molecule has 1 heterocycles. The number of aromatic nitrogens is 1. The van der Waals surface area contributed by atoms with Crippen LogP contribution < -0.4 is 4.74 Å². The minimum Gasteiger partial charge on any atom is -0.496 e. The molecule has 4 rings (SSSR count). The molecule has 0 fully saturated rings. The third-order valence-electron chi connectivity index (χ3n) is 5.28. The van der Waals surface area contributed by atoms with E-state index in [2.05, 4.69) is 17.1 Å². The van der Waals surface area contributed by atoms with Crippen molar-refractivity contribution >= 4 is 16.7 Å². The number of methoxy groups -OCH3 is 1. The number of rotatable bonds is 7. The summed E-state index contributed by atoms with van der Waals surface area (Å²) in [7, 11) is 1.48. The van der Waals surface area contributed by atoms with Crippen molar-refractivity contribution in [3.05, 3.63) is 100 Å². The molecule has 152 valence electrons. The first kappa shape index (κ1) is 19.9. The van der Waals surface area contributed by atoms with Crippen LogP contribution in [0.5, 0.6) is 5.75 Å². The normalized spacial score (nSPS) is 11.0. The van der Waals surface area contributed by atoms with E-state index in [4.69, 9.17) is 4.74 Å². The predicted octanol–water partition coefficient (Wildman–Crippen LogP) is 3.98. The molecule has 0 atom stereocenters. The summed E-state index contributed by atoms with van der Waals surface area (Å²) in [5.74, 6) is 0.229. The Bertz CT molecular complexity index is 1150. The van der Waals surface area contributed by atoms with Crippen LogP contribution in [0.4, 0.5) is 0 Å². The number of aliphatic hydroxyl groups excluding tert-OH is 2. The summed E-state index contributed by atoms with van der Waals surface area (Å²) in [5.41, 5.74) is 5.14. The maximum Gasteiger partial charge on any atom is 0.193 e. The lowest BCUT2D eigenvalue weighted by Crippen LogP contribution is -2.07. The van der Waals surface area contributed by atoms with E-state index in [1.54, 1.807) is 18.2 Å². The molecule has 3 aromatic carbocycles. The molecule has 4 aromatic rings. The van der Waals surface area contributed by atoms with E-state index in [0.717, 1.165) is 22.2 Å². The fourth-order valence-electron chi connectivity index (χ4n) is 3.77. The molecule has 5 heteroatoms. The first-order chi connectivity index (χ1) is 14.6. The Morgan fingerprint density at radius 1 is 0.933 bits per heavy atom. The zero-order chi connectivity index (χ0) is 21.1. The molecule has 0 unspecified atom stereocenters. The summed E-state index contributed by atoms with van der Waals surface area (Å²) in [6.07, 6.45) is 0.685. The van der Waals surface area contributed by atoms with Crippen LogP contribution >= 0.6 is 0 Å². The van der Waals surface area contributed by atoms with Gasteiger partial charge in [-0.25, -0.2) is 0 Å². The summed E-state index contributed by atoms with van der Waals surface area (Å²) in [4.78, 5) is 16.5. The van der Waals surface area contributed by atoms with E-state index in [9.17, 15) is 15.0 Å². The van der Waals surface area contributed by atoms with Gasteiger partial charge in [-0.2, -0.15) is 0 Å². The SMILES string of the molecule is COc1cc(C(=O)c2cccc(Cc3cc4ccccc4[nH]3)c2)cc(CO)c1CO. The van der Waals surface area contributed by atoms with Crippen LogP contribution in [0.1, 0.15) is 38.3 Å². The number of H-pyrrole nitrogens is 1. The number of carbonyl (C=O) groups excluding carboxylic acids is 1. The second kappa shape index (κ2) is 8.53. The number of ketones is 1. The van der Waals surface area contributed by atoms with Crippen molar-refractivity contribution in [2.24, 2.45) is 0 Å². The van der Waals surface area contributed by atoms with Gasteiger partial charge in [0, 0.05) is 34.3 Å². The van der Waals surface area contributed by atoms with Crippen molar-refractivity contribution in [2.75, 3.05) is 7.11 Å². The molecule has 0 saturated carbocycles. The van der Waals surface area contributed by atoms with Crippen molar-refractivity contribution in [1.82, 2.24) is 4.98 Å². The van der Waals surface area contributed by atoms with Gasteiger partial charge in [-0.1, -0.05) is 36.4 Å². The van der Waals surface area contributed by atoms with Gasteiger partial charge in [0.25, 0.3) is 0 Å². The zero-order valence-corrected chi connectivity index (χ0v) is 16.7. The number of hydrogen-bond acceptors (Lipinski definition) is 4. The first-order valence-corrected chi connectivity index (χ1v) is 9.74. The summed E-state index contributed by atoms with van der Waals surface area (Å²) in [6.45, 7) is -0.554. The molecule has 5 nitrogen and oxygen atoms in total. The van der Waals surface area contributed by atoms with Crippen molar-refractivity contribution in [3.63, 3.8) is 0 Å². The summed E-state index contributed by atoms with van der Waals surface area (Å²) in [6, 6.07) is 21.0. The average Bonchev–Trinajstić information content (AvgIpc) is 3.19. The van der Waals surface area contributed by atoms with Crippen molar-refractivity contribution in [2.45, 2.75) is 19.6 Å². The zero-order valence-electron chi connectivity index (χ0n) is 16.7. The monoisotopic (exact) mass is 401 g/mol.